The third kappa shape index (κ3) is 6.95. The first-order chi connectivity index (χ1) is 13.6. The molecule has 3 amide bonds. The third-order valence-corrected chi connectivity index (χ3v) is 4.06. The molecule has 6 nitrogen and oxygen atoms in total. The molecule has 0 aliphatic heterocycles. The van der Waals surface area contributed by atoms with Crippen molar-refractivity contribution in [1.29, 1.82) is 0 Å². The van der Waals surface area contributed by atoms with E-state index in [0.29, 0.717) is 24.4 Å². The van der Waals surface area contributed by atoms with Crippen molar-refractivity contribution in [2.45, 2.75) is 26.7 Å². The zero-order valence-corrected chi connectivity index (χ0v) is 16.6. The summed E-state index contributed by atoms with van der Waals surface area (Å²) in [4.78, 5) is 26.4. The molecule has 0 radical (unpaired) electrons. The van der Waals surface area contributed by atoms with Gasteiger partial charge in [0.15, 0.2) is 0 Å². The van der Waals surface area contributed by atoms with Gasteiger partial charge in [0.2, 0.25) is 0 Å². The van der Waals surface area contributed by atoms with E-state index in [2.05, 4.69) is 24.5 Å². The first-order valence-electron chi connectivity index (χ1n) is 9.76. The molecule has 0 bridgehead atoms. The van der Waals surface area contributed by atoms with Crippen molar-refractivity contribution in [2.75, 3.05) is 31.6 Å². The maximum Gasteiger partial charge on any atom is 0.319 e. The van der Waals surface area contributed by atoms with Crippen LogP contribution in [0.25, 0.3) is 0 Å². The fourth-order valence-corrected chi connectivity index (χ4v) is 2.76. The molecule has 2 aromatic rings. The molecule has 0 atom stereocenters. The molecule has 0 saturated heterocycles. The number of para-hydroxylation sites is 1. The Morgan fingerprint density at radius 2 is 1.57 bits per heavy atom. The van der Waals surface area contributed by atoms with Gasteiger partial charge in [0, 0.05) is 24.3 Å². The van der Waals surface area contributed by atoms with Gasteiger partial charge in [-0.25, -0.2) is 4.79 Å². The number of carbonyl (C=O) groups excluding carboxylic acids is 2. The van der Waals surface area contributed by atoms with Crippen LogP contribution in [0.5, 0.6) is 5.75 Å². The van der Waals surface area contributed by atoms with E-state index in [-0.39, 0.29) is 11.9 Å². The Hall–Kier alpha value is -3.02. The highest BCUT2D eigenvalue weighted by Crippen LogP contribution is 2.12. The van der Waals surface area contributed by atoms with Crippen molar-refractivity contribution >= 4 is 17.6 Å². The van der Waals surface area contributed by atoms with Crippen molar-refractivity contribution in [2.24, 2.45) is 0 Å². The van der Waals surface area contributed by atoms with Crippen LogP contribution < -0.4 is 15.4 Å². The summed E-state index contributed by atoms with van der Waals surface area (Å²) in [6, 6.07) is 16.1. The lowest BCUT2D eigenvalue weighted by molar-refractivity contribution is 0.0755. The summed E-state index contributed by atoms with van der Waals surface area (Å²) in [7, 11) is 0. The van der Waals surface area contributed by atoms with Gasteiger partial charge in [-0.05, 0) is 49.2 Å². The van der Waals surface area contributed by atoms with Gasteiger partial charge < -0.3 is 20.3 Å². The predicted octanol–water partition coefficient (Wildman–Crippen LogP) is 4.15. The standard InChI is InChI=1S/C22H29N3O3/c1-3-15-25(16-4-2)21(26)18-10-12-19(13-11-18)24-22(27)23-14-17-28-20-8-6-5-7-9-20/h5-13H,3-4,14-17H2,1-2H3,(H2,23,24,27). The maximum atomic E-state index is 12.6. The minimum atomic E-state index is -0.311. The minimum absolute atomic E-state index is 0.0257. The lowest BCUT2D eigenvalue weighted by Gasteiger charge is -2.21. The Balaban J connectivity index is 1.77. The molecule has 0 saturated carbocycles. The lowest BCUT2D eigenvalue weighted by atomic mass is 10.1. The molecule has 2 rings (SSSR count). The van der Waals surface area contributed by atoms with Crippen molar-refractivity contribution in [3.05, 3.63) is 60.2 Å². The highest BCUT2D eigenvalue weighted by molar-refractivity contribution is 5.95. The van der Waals surface area contributed by atoms with Gasteiger partial charge in [0.1, 0.15) is 12.4 Å². The monoisotopic (exact) mass is 383 g/mol. The fraction of sp³-hybridized carbons (Fsp3) is 0.364. The fourth-order valence-electron chi connectivity index (χ4n) is 2.76. The average Bonchev–Trinajstić information content (AvgIpc) is 2.72. The number of carbonyl (C=O) groups is 2. The molecule has 0 aliphatic rings. The first-order valence-corrected chi connectivity index (χ1v) is 9.76. The highest BCUT2D eigenvalue weighted by Gasteiger charge is 2.14. The number of ether oxygens (including phenoxy) is 1. The van der Waals surface area contributed by atoms with Crippen LogP contribution in [0.1, 0.15) is 37.0 Å². The number of benzene rings is 2. The van der Waals surface area contributed by atoms with E-state index in [0.717, 1.165) is 31.7 Å². The summed E-state index contributed by atoms with van der Waals surface area (Å²) in [6.07, 6.45) is 1.86. The molecular formula is C22H29N3O3. The van der Waals surface area contributed by atoms with Crippen LogP contribution in [-0.4, -0.2) is 43.1 Å². The number of nitrogens with one attached hydrogen (secondary N) is 2. The number of anilines is 1. The maximum absolute atomic E-state index is 12.6. The molecule has 6 heteroatoms. The van der Waals surface area contributed by atoms with E-state index in [1.807, 2.05) is 35.2 Å². The van der Waals surface area contributed by atoms with E-state index >= 15 is 0 Å². The second kappa shape index (κ2) is 11.6. The third-order valence-electron chi connectivity index (χ3n) is 4.06. The molecule has 0 aromatic heterocycles. The highest BCUT2D eigenvalue weighted by atomic mass is 16.5. The molecule has 28 heavy (non-hydrogen) atoms. The predicted molar refractivity (Wildman–Crippen MR) is 112 cm³/mol. The normalized spacial score (nSPS) is 10.2. The van der Waals surface area contributed by atoms with Gasteiger partial charge in [0.05, 0.1) is 6.54 Å². The van der Waals surface area contributed by atoms with Gasteiger partial charge in [-0.2, -0.15) is 0 Å². The zero-order valence-electron chi connectivity index (χ0n) is 16.6. The number of urea groups is 1. The molecule has 0 aliphatic carbocycles. The van der Waals surface area contributed by atoms with Crippen LogP contribution in [0.4, 0.5) is 10.5 Å². The molecule has 0 heterocycles. The summed E-state index contributed by atoms with van der Waals surface area (Å²) in [6.45, 7) is 6.40. The lowest BCUT2D eigenvalue weighted by Crippen LogP contribution is -2.33. The molecule has 0 fully saturated rings. The average molecular weight is 383 g/mol. The number of rotatable bonds is 10. The summed E-state index contributed by atoms with van der Waals surface area (Å²) in [5.74, 6) is 0.794. The van der Waals surface area contributed by atoms with Crippen molar-refractivity contribution in [1.82, 2.24) is 10.2 Å². The van der Waals surface area contributed by atoms with Crippen LogP contribution in [0.2, 0.25) is 0 Å². The largest absolute Gasteiger partial charge is 0.492 e. The van der Waals surface area contributed by atoms with E-state index < -0.39 is 0 Å². The van der Waals surface area contributed by atoms with E-state index in [1.54, 1.807) is 24.3 Å². The number of amides is 3. The topological polar surface area (TPSA) is 70.7 Å². The second-order valence-corrected chi connectivity index (χ2v) is 6.41. The Morgan fingerprint density at radius 1 is 0.929 bits per heavy atom. The SMILES string of the molecule is CCCN(CCC)C(=O)c1ccc(NC(=O)NCCOc2ccccc2)cc1. The molecule has 150 valence electrons. The Kier molecular flexibility index (Phi) is 8.85. The van der Waals surface area contributed by atoms with E-state index in [9.17, 15) is 9.59 Å². The molecular weight excluding hydrogens is 354 g/mol. The van der Waals surface area contributed by atoms with Crippen molar-refractivity contribution in [3.8, 4) is 5.75 Å². The van der Waals surface area contributed by atoms with Crippen LogP contribution in [0.3, 0.4) is 0 Å². The van der Waals surface area contributed by atoms with Gasteiger partial charge in [-0.15, -0.1) is 0 Å². The molecule has 2 aromatic carbocycles. The summed E-state index contributed by atoms with van der Waals surface area (Å²) >= 11 is 0. The van der Waals surface area contributed by atoms with Gasteiger partial charge >= 0.3 is 6.03 Å². The minimum Gasteiger partial charge on any atom is -0.492 e. The van der Waals surface area contributed by atoms with Crippen LogP contribution in [-0.2, 0) is 0 Å². The van der Waals surface area contributed by atoms with Crippen LogP contribution in [0.15, 0.2) is 54.6 Å². The van der Waals surface area contributed by atoms with Crippen molar-refractivity contribution in [3.63, 3.8) is 0 Å². The van der Waals surface area contributed by atoms with Crippen LogP contribution >= 0.6 is 0 Å². The number of nitrogens with zero attached hydrogens (tertiary/aromatic N) is 1. The Bertz CT molecular complexity index is 726. The molecule has 0 unspecified atom stereocenters. The summed E-state index contributed by atoms with van der Waals surface area (Å²) in [5, 5.41) is 5.50. The van der Waals surface area contributed by atoms with Crippen molar-refractivity contribution < 1.29 is 14.3 Å². The van der Waals surface area contributed by atoms with Gasteiger partial charge in [0.25, 0.3) is 5.91 Å². The number of hydrogen-bond donors (Lipinski definition) is 2. The van der Waals surface area contributed by atoms with Crippen LogP contribution in [0, 0.1) is 0 Å². The van der Waals surface area contributed by atoms with Gasteiger partial charge in [-0.1, -0.05) is 32.0 Å². The summed E-state index contributed by atoms with van der Waals surface area (Å²) < 4.78 is 5.53. The second-order valence-electron chi connectivity index (χ2n) is 6.41. The Labute approximate surface area is 166 Å². The first kappa shape index (κ1) is 21.3. The smallest absolute Gasteiger partial charge is 0.319 e. The Morgan fingerprint density at radius 3 is 2.18 bits per heavy atom. The van der Waals surface area contributed by atoms with E-state index in [1.165, 1.54) is 0 Å². The van der Waals surface area contributed by atoms with Gasteiger partial charge in [-0.3, -0.25) is 4.79 Å². The quantitative estimate of drug-likeness (QED) is 0.606. The molecule has 2 N–H and O–H groups in total. The zero-order chi connectivity index (χ0) is 20.2. The molecule has 0 spiro atoms. The summed E-state index contributed by atoms with van der Waals surface area (Å²) in [5.41, 5.74) is 1.26. The van der Waals surface area contributed by atoms with E-state index in [4.69, 9.17) is 4.74 Å². The number of hydrogen-bond acceptors (Lipinski definition) is 3.